The lowest BCUT2D eigenvalue weighted by molar-refractivity contribution is -0.141. The maximum absolute atomic E-state index is 12.5. The number of alkyl halides is 3. The van der Waals surface area contributed by atoms with Crippen molar-refractivity contribution in [2.75, 3.05) is 0 Å². The third kappa shape index (κ3) is 3.56. The number of imidazole rings is 1. The number of rotatable bonds is 5. The van der Waals surface area contributed by atoms with Gasteiger partial charge in [-0.05, 0) is 18.9 Å². The third-order valence-electron chi connectivity index (χ3n) is 4.01. The molecule has 3 atom stereocenters. The zero-order chi connectivity index (χ0) is 16.6. The normalized spacial score (nSPS) is 24.7. The Morgan fingerprint density at radius 3 is 2.83 bits per heavy atom. The maximum Gasteiger partial charge on any atom is 0.406 e. The van der Waals surface area contributed by atoms with Crippen LogP contribution in [0.5, 0.6) is 0 Å². The van der Waals surface area contributed by atoms with Crippen LogP contribution in [0.3, 0.4) is 0 Å². The molecule has 0 aliphatic heterocycles. The van der Waals surface area contributed by atoms with Crippen molar-refractivity contribution >= 4 is 0 Å². The van der Waals surface area contributed by atoms with Crippen LogP contribution in [0.4, 0.5) is 13.2 Å². The highest BCUT2D eigenvalue weighted by atomic mass is 19.4. The van der Waals surface area contributed by atoms with Gasteiger partial charge < -0.3 is 15.0 Å². The van der Waals surface area contributed by atoms with Crippen LogP contribution in [-0.2, 0) is 13.1 Å². The highest BCUT2D eigenvalue weighted by molar-refractivity contribution is 5.06. The molecule has 1 fully saturated rings. The topological polar surface area (TPSA) is 67.9 Å². The van der Waals surface area contributed by atoms with Gasteiger partial charge in [0.1, 0.15) is 12.4 Å². The summed E-state index contributed by atoms with van der Waals surface area (Å²) in [6.45, 7) is 1.06. The lowest BCUT2D eigenvalue weighted by atomic mass is 9.83. The van der Waals surface area contributed by atoms with E-state index in [1.807, 2.05) is 13.1 Å². The molecule has 2 aromatic heterocycles. The van der Waals surface area contributed by atoms with E-state index in [0.29, 0.717) is 12.2 Å². The molecule has 1 aliphatic carbocycles. The highest BCUT2D eigenvalue weighted by Gasteiger charge is 2.41. The fraction of sp³-hybridized carbons (Fsp3) is 0.571. The van der Waals surface area contributed by atoms with Gasteiger partial charge in [0.2, 0.25) is 0 Å². The van der Waals surface area contributed by atoms with Gasteiger partial charge in [-0.3, -0.25) is 4.68 Å². The second kappa shape index (κ2) is 5.97. The number of hydrogen-bond donors (Lipinski definition) is 2. The van der Waals surface area contributed by atoms with Gasteiger partial charge in [-0.1, -0.05) is 0 Å². The standard InChI is InChI=1S/C14H18F3N5O/c1-9-5-20-22(7-9)13-10(4-11(13)23)19-6-12-18-2-3-21(12)8-14(15,16)17/h2-3,5,7,10-11,13,19,23H,4,6,8H2,1H3/t10-,11+,13+/m0/s1. The number of nitrogens with one attached hydrogen (secondary N) is 1. The molecule has 0 bridgehead atoms. The molecular formula is C14H18F3N5O. The molecule has 0 amide bonds. The Morgan fingerprint density at radius 2 is 2.22 bits per heavy atom. The van der Waals surface area contributed by atoms with Gasteiger partial charge in [-0.15, -0.1) is 0 Å². The van der Waals surface area contributed by atoms with E-state index in [1.165, 1.54) is 12.4 Å². The average Bonchev–Trinajstić information content (AvgIpc) is 3.02. The van der Waals surface area contributed by atoms with Gasteiger partial charge in [0.05, 0.1) is 24.9 Å². The predicted octanol–water partition coefficient (Wildman–Crippen LogP) is 1.41. The summed E-state index contributed by atoms with van der Waals surface area (Å²) in [5, 5.41) is 17.3. The van der Waals surface area contributed by atoms with E-state index in [0.717, 1.165) is 10.1 Å². The minimum absolute atomic E-state index is 0.0552. The average molecular weight is 329 g/mol. The van der Waals surface area contributed by atoms with Crippen LogP contribution in [0, 0.1) is 6.92 Å². The van der Waals surface area contributed by atoms with Crippen LogP contribution < -0.4 is 5.32 Å². The number of halogens is 3. The number of aryl methyl sites for hydroxylation is 1. The number of aliphatic hydroxyl groups excluding tert-OH is 1. The number of hydrogen-bond acceptors (Lipinski definition) is 4. The summed E-state index contributed by atoms with van der Waals surface area (Å²) in [4.78, 5) is 3.97. The molecule has 0 radical (unpaired) electrons. The van der Waals surface area contributed by atoms with E-state index < -0.39 is 18.8 Å². The molecule has 0 spiro atoms. The number of nitrogens with zero attached hydrogens (tertiary/aromatic N) is 4. The smallest absolute Gasteiger partial charge is 0.391 e. The van der Waals surface area contributed by atoms with Gasteiger partial charge in [-0.2, -0.15) is 18.3 Å². The van der Waals surface area contributed by atoms with Gasteiger partial charge in [0.15, 0.2) is 0 Å². The SMILES string of the molecule is Cc1cnn([C@H]2[C@H](O)C[C@@H]2NCc2nccn2CC(F)(F)F)c1. The van der Waals surface area contributed by atoms with Gasteiger partial charge in [-0.25, -0.2) is 4.98 Å². The van der Waals surface area contributed by atoms with E-state index >= 15 is 0 Å². The number of aliphatic hydroxyl groups is 1. The molecule has 126 valence electrons. The zero-order valence-electron chi connectivity index (χ0n) is 12.5. The van der Waals surface area contributed by atoms with E-state index in [4.69, 9.17) is 0 Å². The van der Waals surface area contributed by atoms with Gasteiger partial charge in [0.25, 0.3) is 0 Å². The molecule has 1 aliphatic rings. The van der Waals surface area contributed by atoms with Crippen LogP contribution >= 0.6 is 0 Å². The van der Waals surface area contributed by atoms with E-state index in [-0.39, 0.29) is 18.6 Å². The van der Waals surface area contributed by atoms with Crippen LogP contribution in [0.1, 0.15) is 23.9 Å². The van der Waals surface area contributed by atoms with Crippen molar-refractivity contribution in [3.05, 3.63) is 36.2 Å². The van der Waals surface area contributed by atoms with Crippen molar-refractivity contribution in [2.45, 2.75) is 50.8 Å². The lowest BCUT2D eigenvalue weighted by Gasteiger charge is -2.42. The minimum atomic E-state index is -4.28. The van der Waals surface area contributed by atoms with Crippen LogP contribution in [-0.4, -0.2) is 42.8 Å². The van der Waals surface area contributed by atoms with Crippen molar-refractivity contribution in [1.29, 1.82) is 0 Å². The van der Waals surface area contributed by atoms with Crippen molar-refractivity contribution in [3.63, 3.8) is 0 Å². The van der Waals surface area contributed by atoms with Crippen molar-refractivity contribution in [3.8, 4) is 0 Å². The molecule has 1 saturated carbocycles. The quantitative estimate of drug-likeness (QED) is 0.870. The largest absolute Gasteiger partial charge is 0.406 e. The fourth-order valence-electron chi connectivity index (χ4n) is 2.84. The summed E-state index contributed by atoms with van der Waals surface area (Å²) in [6.07, 6.45) is 1.95. The Morgan fingerprint density at radius 1 is 1.43 bits per heavy atom. The van der Waals surface area contributed by atoms with Crippen LogP contribution in [0.2, 0.25) is 0 Å². The van der Waals surface area contributed by atoms with Crippen molar-refractivity contribution in [1.82, 2.24) is 24.6 Å². The first-order valence-electron chi connectivity index (χ1n) is 7.32. The highest BCUT2D eigenvalue weighted by Crippen LogP contribution is 2.32. The molecule has 23 heavy (non-hydrogen) atoms. The van der Waals surface area contributed by atoms with E-state index in [9.17, 15) is 18.3 Å². The molecule has 0 unspecified atom stereocenters. The Balaban J connectivity index is 1.62. The zero-order valence-corrected chi connectivity index (χ0v) is 12.5. The second-order valence-electron chi connectivity index (χ2n) is 5.87. The van der Waals surface area contributed by atoms with E-state index in [2.05, 4.69) is 15.4 Å². The Labute approximate surface area is 130 Å². The Kier molecular flexibility index (Phi) is 4.15. The minimum Gasteiger partial charge on any atom is -0.391 e. The maximum atomic E-state index is 12.5. The Bertz CT molecular complexity index is 665. The summed E-state index contributed by atoms with van der Waals surface area (Å²) >= 11 is 0. The summed E-state index contributed by atoms with van der Waals surface area (Å²) in [5.41, 5.74) is 0.989. The Hall–Kier alpha value is -1.87. The fourth-order valence-corrected chi connectivity index (χ4v) is 2.84. The molecule has 2 aromatic rings. The van der Waals surface area contributed by atoms with Crippen molar-refractivity contribution < 1.29 is 18.3 Å². The first-order chi connectivity index (χ1) is 10.8. The third-order valence-corrected chi connectivity index (χ3v) is 4.01. The van der Waals surface area contributed by atoms with E-state index in [1.54, 1.807) is 10.9 Å². The summed E-state index contributed by atoms with van der Waals surface area (Å²) < 4.78 is 40.3. The molecule has 9 heteroatoms. The summed E-state index contributed by atoms with van der Waals surface area (Å²) in [5.74, 6) is 0.319. The van der Waals surface area contributed by atoms with Crippen LogP contribution in [0.15, 0.2) is 24.8 Å². The molecule has 2 N–H and O–H groups in total. The van der Waals surface area contributed by atoms with Crippen molar-refractivity contribution in [2.24, 2.45) is 0 Å². The summed E-state index contributed by atoms with van der Waals surface area (Å²) in [6, 6.07) is -0.268. The second-order valence-corrected chi connectivity index (χ2v) is 5.87. The molecule has 2 heterocycles. The molecule has 0 saturated heterocycles. The molecule has 0 aromatic carbocycles. The molecule has 3 rings (SSSR count). The predicted molar refractivity (Wildman–Crippen MR) is 75.5 cm³/mol. The molecule has 6 nitrogen and oxygen atoms in total. The van der Waals surface area contributed by atoms with Crippen LogP contribution in [0.25, 0.3) is 0 Å². The van der Waals surface area contributed by atoms with Gasteiger partial charge >= 0.3 is 6.18 Å². The van der Waals surface area contributed by atoms with Gasteiger partial charge in [0, 0.05) is 24.6 Å². The lowest BCUT2D eigenvalue weighted by Crippen LogP contribution is -2.54. The monoisotopic (exact) mass is 329 g/mol. The number of aromatic nitrogens is 4. The summed E-state index contributed by atoms with van der Waals surface area (Å²) in [7, 11) is 0. The molecular weight excluding hydrogens is 311 g/mol. The first kappa shape index (κ1) is 16.0. The first-order valence-corrected chi connectivity index (χ1v) is 7.32.